The number of rotatable bonds is 4. The van der Waals surface area contributed by atoms with Crippen molar-refractivity contribution < 1.29 is 4.39 Å². The molecule has 0 bridgehead atoms. The fourth-order valence-electron chi connectivity index (χ4n) is 2.57. The topological polar surface area (TPSA) is 28.2 Å². The Morgan fingerprint density at radius 1 is 1.24 bits per heavy atom. The first kappa shape index (κ1) is 14.1. The molecule has 1 fully saturated rings. The molecule has 110 valence electrons. The van der Waals surface area contributed by atoms with Crippen LogP contribution in [0.3, 0.4) is 0 Å². The highest BCUT2D eigenvalue weighted by molar-refractivity contribution is 6.30. The first-order valence-electron chi connectivity index (χ1n) is 7.12. The SMILES string of the molecule is Fc1cc(Cl)ccc1CNc1cccnc1N1CCCC1. The summed E-state index contributed by atoms with van der Waals surface area (Å²) in [4.78, 5) is 6.72. The van der Waals surface area contributed by atoms with Gasteiger partial charge in [0.2, 0.25) is 0 Å². The molecule has 0 aliphatic carbocycles. The first-order chi connectivity index (χ1) is 10.2. The van der Waals surface area contributed by atoms with E-state index in [-0.39, 0.29) is 5.82 Å². The standard InChI is InChI=1S/C16H17ClFN3/c17-13-6-5-12(14(18)10-13)11-20-15-4-3-7-19-16(15)21-8-1-2-9-21/h3-7,10,20H,1-2,8-9,11H2. The average Bonchev–Trinajstić information content (AvgIpc) is 3.01. The van der Waals surface area contributed by atoms with Crippen LogP contribution >= 0.6 is 11.6 Å². The van der Waals surface area contributed by atoms with E-state index in [1.165, 1.54) is 18.9 Å². The highest BCUT2D eigenvalue weighted by Gasteiger charge is 2.16. The van der Waals surface area contributed by atoms with E-state index in [4.69, 9.17) is 11.6 Å². The summed E-state index contributed by atoms with van der Waals surface area (Å²) in [7, 11) is 0. The van der Waals surface area contributed by atoms with Gasteiger partial charge in [-0.3, -0.25) is 0 Å². The highest BCUT2D eigenvalue weighted by Crippen LogP contribution is 2.26. The third-order valence-electron chi connectivity index (χ3n) is 3.68. The number of halogens is 2. The summed E-state index contributed by atoms with van der Waals surface area (Å²) >= 11 is 5.77. The molecule has 2 heterocycles. The van der Waals surface area contributed by atoms with E-state index < -0.39 is 0 Å². The van der Waals surface area contributed by atoms with Crippen LogP contribution in [0.2, 0.25) is 5.02 Å². The van der Waals surface area contributed by atoms with Gasteiger partial charge in [-0.25, -0.2) is 9.37 Å². The van der Waals surface area contributed by atoms with Crippen molar-refractivity contribution in [1.82, 2.24) is 4.98 Å². The summed E-state index contributed by atoms with van der Waals surface area (Å²) in [5, 5.41) is 3.69. The van der Waals surface area contributed by atoms with Gasteiger partial charge in [-0.05, 0) is 37.1 Å². The number of nitrogens with zero attached hydrogens (tertiary/aromatic N) is 2. The Morgan fingerprint density at radius 2 is 2.05 bits per heavy atom. The lowest BCUT2D eigenvalue weighted by Gasteiger charge is -2.20. The predicted molar refractivity (Wildman–Crippen MR) is 84.4 cm³/mol. The minimum Gasteiger partial charge on any atom is -0.378 e. The number of anilines is 2. The van der Waals surface area contributed by atoms with E-state index in [1.54, 1.807) is 18.3 Å². The van der Waals surface area contributed by atoms with Crippen molar-refractivity contribution in [3.63, 3.8) is 0 Å². The molecule has 1 N–H and O–H groups in total. The third-order valence-corrected chi connectivity index (χ3v) is 3.91. The summed E-state index contributed by atoms with van der Waals surface area (Å²) in [5.41, 5.74) is 1.53. The van der Waals surface area contributed by atoms with E-state index in [9.17, 15) is 4.39 Å². The number of benzene rings is 1. The number of nitrogens with one attached hydrogen (secondary N) is 1. The number of hydrogen-bond donors (Lipinski definition) is 1. The van der Waals surface area contributed by atoms with Crippen molar-refractivity contribution in [3.8, 4) is 0 Å². The lowest BCUT2D eigenvalue weighted by molar-refractivity contribution is 0.613. The fraction of sp³-hybridized carbons (Fsp3) is 0.312. The smallest absolute Gasteiger partial charge is 0.151 e. The number of aromatic nitrogens is 1. The summed E-state index contributed by atoms with van der Waals surface area (Å²) in [6.07, 6.45) is 4.19. The van der Waals surface area contributed by atoms with Gasteiger partial charge in [0.05, 0.1) is 5.69 Å². The molecular weight excluding hydrogens is 289 g/mol. The lowest BCUT2D eigenvalue weighted by atomic mass is 10.2. The summed E-state index contributed by atoms with van der Waals surface area (Å²) in [6.45, 7) is 2.47. The van der Waals surface area contributed by atoms with Gasteiger partial charge in [-0.1, -0.05) is 17.7 Å². The van der Waals surface area contributed by atoms with E-state index in [0.29, 0.717) is 17.1 Å². The van der Waals surface area contributed by atoms with Gasteiger partial charge < -0.3 is 10.2 Å². The molecule has 0 radical (unpaired) electrons. The quantitative estimate of drug-likeness (QED) is 0.922. The van der Waals surface area contributed by atoms with Gasteiger partial charge in [0, 0.05) is 36.4 Å². The maximum absolute atomic E-state index is 13.8. The molecule has 1 aliphatic heterocycles. The Bertz CT molecular complexity index is 627. The normalized spacial score (nSPS) is 14.5. The Labute approximate surface area is 128 Å². The molecular formula is C16H17ClFN3. The van der Waals surface area contributed by atoms with Crippen LogP contribution in [-0.2, 0) is 6.54 Å². The first-order valence-corrected chi connectivity index (χ1v) is 7.49. The summed E-state index contributed by atoms with van der Waals surface area (Å²) in [5.74, 6) is 0.658. The van der Waals surface area contributed by atoms with Crippen LogP contribution < -0.4 is 10.2 Å². The van der Waals surface area contributed by atoms with Gasteiger partial charge >= 0.3 is 0 Å². The van der Waals surface area contributed by atoms with Crippen LogP contribution in [0.25, 0.3) is 0 Å². The third kappa shape index (κ3) is 3.27. The van der Waals surface area contributed by atoms with Gasteiger partial charge in [0.1, 0.15) is 5.82 Å². The molecule has 0 amide bonds. The molecule has 2 aromatic rings. The molecule has 5 heteroatoms. The Morgan fingerprint density at radius 3 is 2.81 bits per heavy atom. The monoisotopic (exact) mass is 305 g/mol. The Kier molecular flexibility index (Phi) is 4.25. The van der Waals surface area contributed by atoms with Crippen molar-refractivity contribution in [3.05, 3.63) is 52.9 Å². The zero-order chi connectivity index (χ0) is 14.7. The van der Waals surface area contributed by atoms with Crippen molar-refractivity contribution in [2.45, 2.75) is 19.4 Å². The van der Waals surface area contributed by atoms with Crippen LogP contribution in [0.4, 0.5) is 15.9 Å². The van der Waals surface area contributed by atoms with E-state index in [0.717, 1.165) is 24.6 Å². The molecule has 0 atom stereocenters. The Hall–Kier alpha value is -1.81. The molecule has 21 heavy (non-hydrogen) atoms. The molecule has 1 aromatic carbocycles. The minimum absolute atomic E-state index is 0.290. The van der Waals surface area contributed by atoms with Crippen molar-refractivity contribution in [2.24, 2.45) is 0 Å². The van der Waals surface area contributed by atoms with Crippen LogP contribution in [0.15, 0.2) is 36.5 Å². The summed E-state index contributed by atoms with van der Waals surface area (Å²) in [6, 6.07) is 8.61. The zero-order valence-corrected chi connectivity index (χ0v) is 12.4. The molecule has 1 aromatic heterocycles. The van der Waals surface area contributed by atoms with Crippen molar-refractivity contribution in [1.29, 1.82) is 0 Å². The van der Waals surface area contributed by atoms with E-state index in [2.05, 4.69) is 15.2 Å². The van der Waals surface area contributed by atoms with Crippen molar-refractivity contribution in [2.75, 3.05) is 23.3 Å². The molecule has 3 rings (SSSR count). The van der Waals surface area contributed by atoms with Crippen LogP contribution in [0.5, 0.6) is 0 Å². The minimum atomic E-state index is -0.290. The van der Waals surface area contributed by atoms with Gasteiger partial charge in [-0.15, -0.1) is 0 Å². The van der Waals surface area contributed by atoms with E-state index in [1.807, 2.05) is 12.1 Å². The second kappa shape index (κ2) is 6.31. The maximum atomic E-state index is 13.8. The van der Waals surface area contributed by atoms with Gasteiger partial charge in [-0.2, -0.15) is 0 Å². The zero-order valence-electron chi connectivity index (χ0n) is 11.6. The van der Waals surface area contributed by atoms with E-state index >= 15 is 0 Å². The molecule has 1 saturated heterocycles. The average molecular weight is 306 g/mol. The number of hydrogen-bond acceptors (Lipinski definition) is 3. The van der Waals surface area contributed by atoms with Crippen molar-refractivity contribution >= 4 is 23.1 Å². The van der Waals surface area contributed by atoms with Crippen LogP contribution in [0, 0.1) is 5.82 Å². The second-order valence-electron chi connectivity index (χ2n) is 5.16. The Balaban J connectivity index is 1.75. The molecule has 0 unspecified atom stereocenters. The summed E-state index contributed by atoms with van der Waals surface area (Å²) < 4.78 is 13.8. The van der Waals surface area contributed by atoms with Crippen LogP contribution in [-0.4, -0.2) is 18.1 Å². The number of pyridine rings is 1. The molecule has 1 aliphatic rings. The molecule has 0 spiro atoms. The van der Waals surface area contributed by atoms with Crippen LogP contribution in [0.1, 0.15) is 18.4 Å². The predicted octanol–water partition coefficient (Wildman–Crippen LogP) is 4.09. The molecule has 0 saturated carbocycles. The molecule has 3 nitrogen and oxygen atoms in total. The van der Waals surface area contributed by atoms with Gasteiger partial charge in [0.15, 0.2) is 5.82 Å². The second-order valence-corrected chi connectivity index (χ2v) is 5.59. The van der Waals surface area contributed by atoms with Gasteiger partial charge in [0.25, 0.3) is 0 Å². The fourth-order valence-corrected chi connectivity index (χ4v) is 2.73. The maximum Gasteiger partial charge on any atom is 0.151 e. The largest absolute Gasteiger partial charge is 0.378 e. The highest BCUT2D eigenvalue weighted by atomic mass is 35.5. The lowest BCUT2D eigenvalue weighted by Crippen LogP contribution is -2.20.